The third-order valence-electron chi connectivity index (χ3n) is 2.99. The van der Waals surface area contributed by atoms with Crippen molar-refractivity contribution in [3.05, 3.63) is 46.4 Å². The van der Waals surface area contributed by atoms with Crippen molar-refractivity contribution in [1.29, 1.82) is 0 Å². The zero-order valence-electron chi connectivity index (χ0n) is 11.3. The van der Waals surface area contributed by atoms with Crippen LogP contribution in [-0.4, -0.2) is 23.0 Å². The number of urea groups is 1. The van der Waals surface area contributed by atoms with Gasteiger partial charge < -0.3 is 10.2 Å². The first-order valence-corrected chi connectivity index (χ1v) is 6.90. The Hall–Kier alpha value is -1.88. The summed E-state index contributed by atoms with van der Waals surface area (Å²) in [5.41, 5.74) is 0.703. The van der Waals surface area contributed by atoms with Crippen LogP contribution in [0.1, 0.15) is 22.7 Å². The van der Waals surface area contributed by atoms with Gasteiger partial charge >= 0.3 is 6.03 Å². The average Bonchev–Trinajstić information content (AvgIpc) is 2.85. The van der Waals surface area contributed by atoms with Gasteiger partial charge in [0.2, 0.25) is 0 Å². The van der Waals surface area contributed by atoms with Gasteiger partial charge in [-0.05, 0) is 38.1 Å². The number of pyridine rings is 1. The minimum atomic E-state index is -0.133. The number of nitrogens with one attached hydrogen (secondary N) is 1. The Labute approximate surface area is 117 Å². The molecule has 1 N–H and O–H groups in total. The SMILES string of the molecule is Cc1ccc([C@@H](C)N(C)C(=O)Nc2cccnc2)s1. The summed E-state index contributed by atoms with van der Waals surface area (Å²) < 4.78 is 0. The molecule has 0 aliphatic heterocycles. The maximum atomic E-state index is 12.1. The highest BCUT2D eigenvalue weighted by molar-refractivity contribution is 7.12. The summed E-state index contributed by atoms with van der Waals surface area (Å²) in [4.78, 5) is 20.2. The van der Waals surface area contributed by atoms with Crippen LogP contribution in [-0.2, 0) is 0 Å². The number of amides is 2. The van der Waals surface area contributed by atoms with Crippen LogP contribution in [0.5, 0.6) is 0 Å². The zero-order chi connectivity index (χ0) is 13.8. The molecule has 4 nitrogen and oxygen atoms in total. The molecular formula is C14H17N3OS. The fraction of sp³-hybridized carbons (Fsp3) is 0.286. The second-order valence-electron chi connectivity index (χ2n) is 4.41. The first-order valence-electron chi connectivity index (χ1n) is 6.08. The molecule has 0 aromatic carbocycles. The van der Waals surface area contributed by atoms with Crippen LogP contribution in [0.2, 0.25) is 0 Å². The summed E-state index contributed by atoms with van der Waals surface area (Å²) >= 11 is 1.71. The first kappa shape index (κ1) is 13.5. The van der Waals surface area contributed by atoms with Crippen LogP contribution in [0.4, 0.5) is 10.5 Å². The molecule has 2 heterocycles. The van der Waals surface area contributed by atoms with E-state index in [0.29, 0.717) is 5.69 Å². The van der Waals surface area contributed by atoms with Crippen molar-refractivity contribution in [3.8, 4) is 0 Å². The molecule has 2 amide bonds. The van der Waals surface area contributed by atoms with E-state index < -0.39 is 0 Å². The molecule has 0 fully saturated rings. The van der Waals surface area contributed by atoms with Crippen molar-refractivity contribution in [3.63, 3.8) is 0 Å². The lowest BCUT2D eigenvalue weighted by molar-refractivity contribution is 0.209. The molecule has 0 unspecified atom stereocenters. The van der Waals surface area contributed by atoms with E-state index in [1.807, 2.05) is 13.0 Å². The van der Waals surface area contributed by atoms with Gasteiger partial charge in [0.05, 0.1) is 17.9 Å². The molecule has 0 saturated heterocycles. The van der Waals surface area contributed by atoms with Gasteiger partial charge in [0.25, 0.3) is 0 Å². The monoisotopic (exact) mass is 275 g/mol. The Kier molecular flexibility index (Phi) is 4.16. The third kappa shape index (κ3) is 3.32. The molecule has 19 heavy (non-hydrogen) atoms. The van der Waals surface area contributed by atoms with Crippen LogP contribution in [0.3, 0.4) is 0 Å². The molecule has 1 atom stereocenters. The van der Waals surface area contributed by atoms with E-state index in [2.05, 4.69) is 29.4 Å². The van der Waals surface area contributed by atoms with Gasteiger partial charge in [0.15, 0.2) is 0 Å². The molecule has 0 saturated carbocycles. The summed E-state index contributed by atoms with van der Waals surface area (Å²) in [6.45, 7) is 4.09. The summed E-state index contributed by atoms with van der Waals surface area (Å²) in [6.07, 6.45) is 3.31. The third-order valence-corrected chi connectivity index (χ3v) is 4.16. The number of hydrogen-bond donors (Lipinski definition) is 1. The van der Waals surface area contributed by atoms with E-state index in [9.17, 15) is 4.79 Å². The second kappa shape index (κ2) is 5.84. The molecule has 2 aromatic heterocycles. The first-order chi connectivity index (χ1) is 9.08. The number of carbonyl (C=O) groups excluding carboxylic acids is 1. The minimum absolute atomic E-state index is 0.0513. The quantitative estimate of drug-likeness (QED) is 0.928. The van der Waals surface area contributed by atoms with Gasteiger partial charge in [-0.1, -0.05) is 0 Å². The number of rotatable bonds is 3. The maximum Gasteiger partial charge on any atom is 0.322 e. The minimum Gasteiger partial charge on any atom is -0.320 e. The standard InChI is InChI=1S/C14H17N3OS/c1-10-6-7-13(19-10)11(2)17(3)14(18)16-12-5-4-8-15-9-12/h4-9,11H,1-3H3,(H,16,18)/t11-/m1/s1. The Morgan fingerprint density at radius 3 is 2.79 bits per heavy atom. The largest absolute Gasteiger partial charge is 0.322 e. The number of aryl methyl sites for hydroxylation is 1. The lowest BCUT2D eigenvalue weighted by Gasteiger charge is -2.24. The molecule has 0 aliphatic carbocycles. The fourth-order valence-electron chi connectivity index (χ4n) is 1.69. The lowest BCUT2D eigenvalue weighted by atomic mass is 10.2. The molecular weight excluding hydrogens is 258 g/mol. The smallest absolute Gasteiger partial charge is 0.320 e. The zero-order valence-corrected chi connectivity index (χ0v) is 12.1. The summed E-state index contributed by atoms with van der Waals surface area (Å²) in [7, 11) is 1.80. The maximum absolute atomic E-state index is 12.1. The molecule has 0 bridgehead atoms. The number of anilines is 1. The number of thiophene rings is 1. The Morgan fingerprint density at radius 1 is 1.42 bits per heavy atom. The average molecular weight is 275 g/mol. The number of hydrogen-bond acceptors (Lipinski definition) is 3. The van der Waals surface area contributed by atoms with Gasteiger partial charge in [-0.25, -0.2) is 4.79 Å². The molecule has 5 heteroatoms. The molecule has 0 aliphatic rings. The van der Waals surface area contributed by atoms with E-state index in [0.717, 1.165) is 0 Å². The molecule has 0 spiro atoms. The Morgan fingerprint density at radius 2 is 2.21 bits per heavy atom. The molecule has 100 valence electrons. The summed E-state index contributed by atoms with van der Waals surface area (Å²) in [5, 5.41) is 2.83. The van der Waals surface area contributed by atoms with E-state index in [1.165, 1.54) is 9.75 Å². The highest BCUT2D eigenvalue weighted by Gasteiger charge is 2.18. The highest BCUT2D eigenvalue weighted by Crippen LogP contribution is 2.26. The predicted octanol–water partition coefficient (Wildman–Crippen LogP) is 3.68. The molecule has 0 radical (unpaired) electrons. The summed E-state index contributed by atoms with van der Waals surface area (Å²) in [6, 6.07) is 7.67. The number of carbonyl (C=O) groups is 1. The number of aromatic nitrogens is 1. The summed E-state index contributed by atoms with van der Waals surface area (Å²) in [5.74, 6) is 0. The van der Waals surface area contributed by atoms with Gasteiger partial charge in [-0.3, -0.25) is 4.98 Å². The predicted molar refractivity (Wildman–Crippen MR) is 78.5 cm³/mol. The topological polar surface area (TPSA) is 45.2 Å². The van der Waals surface area contributed by atoms with Gasteiger partial charge in [-0.2, -0.15) is 0 Å². The van der Waals surface area contributed by atoms with Crippen LogP contribution in [0.15, 0.2) is 36.7 Å². The molecule has 2 rings (SSSR count). The Bertz CT molecular complexity index is 553. The van der Waals surface area contributed by atoms with Crippen molar-refractivity contribution in [1.82, 2.24) is 9.88 Å². The van der Waals surface area contributed by atoms with E-state index in [4.69, 9.17) is 0 Å². The second-order valence-corrected chi connectivity index (χ2v) is 5.73. The van der Waals surface area contributed by atoms with Gasteiger partial charge in [0, 0.05) is 23.0 Å². The van der Waals surface area contributed by atoms with Crippen LogP contribution in [0.25, 0.3) is 0 Å². The molecule has 2 aromatic rings. The van der Waals surface area contributed by atoms with Crippen LogP contribution >= 0.6 is 11.3 Å². The van der Waals surface area contributed by atoms with Gasteiger partial charge in [-0.15, -0.1) is 11.3 Å². The van der Waals surface area contributed by atoms with Crippen molar-refractivity contribution >= 4 is 23.1 Å². The van der Waals surface area contributed by atoms with E-state index >= 15 is 0 Å². The van der Waals surface area contributed by atoms with Gasteiger partial charge in [0.1, 0.15) is 0 Å². The highest BCUT2D eigenvalue weighted by atomic mass is 32.1. The Balaban J connectivity index is 2.03. The van der Waals surface area contributed by atoms with Crippen molar-refractivity contribution in [2.75, 3.05) is 12.4 Å². The van der Waals surface area contributed by atoms with Crippen molar-refractivity contribution in [2.24, 2.45) is 0 Å². The fourth-order valence-corrected chi connectivity index (χ4v) is 2.67. The van der Waals surface area contributed by atoms with Crippen LogP contribution in [0, 0.1) is 6.92 Å². The van der Waals surface area contributed by atoms with E-state index in [1.54, 1.807) is 41.7 Å². The normalized spacial score (nSPS) is 11.9. The van der Waals surface area contributed by atoms with Crippen molar-refractivity contribution in [2.45, 2.75) is 19.9 Å². The van der Waals surface area contributed by atoms with E-state index in [-0.39, 0.29) is 12.1 Å². The van der Waals surface area contributed by atoms with Crippen LogP contribution < -0.4 is 5.32 Å². The van der Waals surface area contributed by atoms with Crippen molar-refractivity contribution < 1.29 is 4.79 Å². The lowest BCUT2D eigenvalue weighted by Crippen LogP contribution is -2.33. The number of nitrogens with zero attached hydrogens (tertiary/aromatic N) is 2.